The zero-order valence-electron chi connectivity index (χ0n) is 12.2. The van der Waals surface area contributed by atoms with E-state index in [1.807, 2.05) is 13.0 Å². The van der Waals surface area contributed by atoms with Gasteiger partial charge < -0.3 is 15.0 Å². The van der Waals surface area contributed by atoms with Gasteiger partial charge in [-0.1, -0.05) is 0 Å². The lowest BCUT2D eigenvalue weighted by molar-refractivity contribution is 0.0763. The summed E-state index contributed by atoms with van der Waals surface area (Å²) in [7, 11) is 0. The van der Waals surface area contributed by atoms with Crippen molar-refractivity contribution in [3.8, 4) is 0 Å². The SMILES string of the molecule is Cc1cc(CC2CN(C(=O)c3ccc[nH]c3=O)CC2O)n[nH]1. The van der Waals surface area contributed by atoms with Crippen LogP contribution in [0.25, 0.3) is 0 Å². The topological polar surface area (TPSA) is 102 Å². The maximum atomic E-state index is 12.4. The number of amides is 1. The number of β-amino-alcohol motifs (C(OH)–C–C–N with tert-alkyl or cyclic N) is 1. The summed E-state index contributed by atoms with van der Waals surface area (Å²) >= 11 is 0. The summed E-state index contributed by atoms with van der Waals surface area (Å²) in [5.41, 5.74) is 1.53. The highest BCUT2D eigenvalue weighted by atomic mass is 16.3. The van der Waals surface area contributed by atoms with Crippen LogP contribution in [0.1, 0.15) is 21.7 Å². The average molecular weight is 302 g/mol. The molecule has 2 atom stereocenters. The highest BCUT2D eigenvalue weighted by Gasteiger charge is 2.35. The van der Waals surface area contributed by atoms with E-state index in [-0.39, 0.29) is 23.9 Å². The number of hydrogen-bond acceptors (Lipinski definition) is 4. The van der Waals surface area contributed by atoms with E-state index in [1.54, 1.807) is 6.07 Å². The number of aromatic amines is 2. The van der Waals surface area contributed by atoms with E-state index in [4.69, 9.17) is 0 Å². The van der Waals surface area contributed by atoms with E-state index >= 15 is 0 Å². The summed E-state index contributed by atoms with van der Waals surface area (Å²) in [5.74, 6) is -0.420. The molecule has 2 unspecified atom stereocenters. The lowest BCUT2D eigenvalue weighted by Crippen LogP contribution is -2.33. The summed E-state index contributed by atoms with van der Waals surface area (Å²) in [6, 6.07) is 5.04. The Balaban J connectivity index is 1.71. The number of aryl methyl sites for hydroxylation is 1. The molecule has 0 spiro atoms. The van der Waals surface area contributed by atoms with Gasteiger partial charge in [0.05, 0.1) is 11.8 Å². The number of aliphatic hydroxyl groups excluding tert-OH is 1. The number of likely N-dealkylation sites (tertiary alicyclic amines) is 1. The Labute approximate surface area is 127 Å². The molecule has 3 heterocycles. The largest absolute Gasteiger partial charge is 0.391 e. The molecule has 1 fully saturated rings. The summed E-state index contributed by atoms with van der Waals surface area (Å²) in [6.07, 6.45) is 1.48. The van der Waals surface area contributed by atoms with Gasteiger partial charge in [0, 0.05) is 30.9 Å². The predicted molar refractivity (Wildman–Crippen MR) is 79.5 cm³/mol. The molecule has 3 N–H and O–H groups in total. The fourth-order valence-electron chi connectivity index (χ4n) is 2.83. The molecule has 0 bridgehead atoms. The van der Waals surface area contributed by atoms with Crippen molar-refractivity contribution in [3.63, 3.8) is 0 Å². The molecule has 0 aliphatic carbocycles. The number of nitrogens with one attached hydrogen (secondary N) is 2. The van der Waals surface area contributed by atoms with Gasteiger partial charge in [-0.05, 0) is 31.5 Å². The minimum Gasteiger partial charge on any atom is -0.391 e. The number of H-pyrrole nitrogens is 2. The molecule has 116 valence electrons. The molecule has 7 heteroatoms. The Morgan fingerprint density at radius 3 is 3.00 bits per heavy atom. The first-order chi connectivity index (χ1) is 10.5. The standard InChI is InChI=1S/C15H18N4O3/c1-9-5-11(18-17-9)6-10-7-19(8-13(10)20)15(22)12-3-2-4-16-14(12)21/h2-5,10,13,20H,6-8H2,1H3,(H,16,21)(H,17,18). The van der Waals surface area contributed by atoms with Crippen LogP contribution in [0.5, 0.6) is 0 Å². The minimum atomic E-state index is -0.608. The third-order valence-corrected chi connectivity index (χ3v) is 3.97. The molecule has 1 aliphatic rings. The number of rotatable bonds is 3. The van der Waals surface area contributed by atoms with Gasteiger partial charge in [0.1, 0.15) is 5.56 Å². The normalized spacial score (nSPS) is 21.3. The number of aliphatic hydroxyl groups is 1. The molecule has 0 radical (unpaired) electrons. The summed E-state index contributed by atoms with van der Waals surface area (Å²) in [5, 5.41) is 17.2. The fourth-order valence-corrected chi connectivity index (χ4v) is 2.83. The van der Waals surface area contributed by atoms with Gasteiger partial charge in [0.15, 0.2) is 0 Å². The molecule has 22 heavy (non-hydrogen) atoms. The molecule has 0 aromatic carbocycles. The van der Waals surface area contributed by atoms with Crippen LogP contribution in [0.2, 0.25) is 0 Å². The van der Waals surface area contributed by atoms with Crippen LogP contribution < -0.4 is 5.56 Å². The Hall–Kier alpha value is -2.41. The van der Waals surface area contributed by atoms with Crippen molar-refractivity contribution in [1.29, 1.82) is 0 Å². The molecule has 1 saturated heterocycles. The first-order valence-corrected chi connectivity index (χ1v) is 7.20. The first-order valence-electron chi connectivity index (χ1n) is 7.20. The summed E-state index contributed by atoms with van der Waals surface area (Å²) in [6.45, 7) is 2.57. The molecule has 3 rings (SSSR count). The van der Waals surface area contributed by atoms with Gasteiger partial charge in [0.2, 0.25) is 0 Å². The van der Waals surface area contributed by atoms with Gasteiger partial charge in [-0.3, -0.25) is 14.7 Å². The van der Waals surface area contributed by atoms with Crippen LogP contribution in [0.4, 0.5) is 0 Å². The molecule has 2 aromatic heterocycles. The molecular weight excluding hydrogens is 284 g/mol. The number of carbonyl (C=O) groups is 1. The zero-order valence-corrected chi connectivity index (χ0v) is 12.2. The minimum absolute atomic E-state index is 0.0746. The number of aromatic nitrogens is 3. The Morgan fingerprint density at radius 1 is 1.50 bits per heavy atom. The summed E-state index contributed by atoms with van der Waals surface area (Å²) in [4.78, 5) is 28.1. The van der Waals surface area contributed by atoms with Crippen LogP contribution in [0.15, 0.2) is 29.2 Å². The fraction of sp³-hybridized carbons (Fsp3) is 0.400. The maximum Gasteiger partial charge on any atom is 0.260 e. The van der Waals surface area contributed by atoms with E-state index in [2.05, 4.69) is 15.2 Å². The number of carbonyl (C=O) groups excluding carboxylic acids is 1. The van der Waals surface area contributed by atoms with E-state index < -0.39 is 11.7 Å². The molecule has 1 amide bonds. The molecule has 0 saturated carbocycles. The molecule has 2 aromatic rings. The van der Waals surface area contributed by atoms with Crippen LogP contribution in [-0.4, -0.2) is 50.3 Å². The smallest absolute Gasteiger partial charge is 0.260 e. The molecular formula is C15H18N4O3. The van der Waals surface area contributed by atoms with Gasteiger partial charge in [-0.15, -0.1) is 0 Å². The summed E-state index contributed by atoms with van der Waals surface area (Å²) < 4.78 is 0. The molecule has 7 nitrogen and oxygen atoms in total. The van der Waals surface area contributed by atoms with E-state index in [0.29, 0.717) is 13.0 Å². The Bertz CT molecular complexity index is 736. The van der Waals surface area contributed by atoms with Crippen molar-refractivity contribution in [2.45, 2.75) is 19.4 Å². The highest BCUT2D eigenvalue weighted by molar-refractivity contribution is 5.94. The Morgan fingerprint density at radius 2 is 2.32 bits per heavy atom. The van der Waals surface area contributed by atoms with Gasteiger partial charge in [0.25, 0.3) is 11.5 Å². The van der Waals surface area contributed by atoms with Crippen molar-refractivity contribution >= 4 is 5.91 Å². The quantitative estimate of drug-likeness (QED) is 0.747. The van der Waals surface area contributed by atoms with Crippen LogP contribution in [0.3, 0.4) is 0 Å². The predicted octanol–water partition coefficient (Wildman–Crippen LogP) is 0.0820. The van der Waals surface area contributed by atoms with Crippen molar-refractivity contribution in [2.75, 3.05) is 13.1 Å². The third kappa shape index (κ3) is 2.80. The third-order valence-electron chi connectivity index (χ3n) is 3.97. The van der Waals surface area contributed by atoms with Crippen LogP contribution in [-0.2, 0) is 6.42 Å². The van der Waals surface area contributed by atoms with E-state index in [9.17, 15) is 14.7 Å². The first kappa shape index (κ1) is 14.5. The lowest BCUT2D eigenvalue weighted by atomic mass is 10.0. The monoisotopic (exact) mass is 302 g/mol. The van der Waals surface area contributed by atoms with Gasteiger partial charge in [-0.2, -0.15) is 5.10 Å². The van der Waals surface area contributed by atoms with Gasteiger partial charge >= 0.3 is 0 Å². The Kier molecular flexibility index (Phi) is 3.81. The second-order valence-corrected chi connectivity index (χ2v) is 5.70. The highest BCUT2D eigenvalue weighted by Crippen LogP contribution is 2.22. The lowest BCUT2D eigenvalue weighted by Gasteiger charge is -2.15. The number of hydrogen-bond donors (Lipinski definition) is 3. The second-order valence-electron chi connectivity index (χ2n) is 5.70. The maximum absolute atomic E-state index is 12.4. The van der Waals surface area contributed by atoms with Crippen molar-refractivity contribution in [2.24, 2.45) is 5.92 Å². The zero-order chi connectivity index (χ0) is 15.7. The van der Waals surface area contributed by atoms with Gasteiger partial charge in [-0.25, -0.2) is 0 Å². The van der Waals surface area contributed by atoms with Crippen LogP contribution >= 0.6 is 0 Å². The average Bonchev–Trinajstić information content (AvgIpc) is 3.06. The van der Waals surface area contributed by atoms with E-state index in [1.165, 1.54) is 17.2 Å². The molecule has 1 aliphatic heterocycles. The second kappa shape index (κ2) is 5.76. The van der Waals surface area contributed by atoms with Crippen molar-refractivity contribution < 1.29 is 9.90 Å². The number of pyridine rings is 1. The number of nitrogens with zero attached hydrogens (tertiary/aromatic N) is 2. The van der Waals surface area contributed by atoms with E-state index in [0.717, 1.165) is 11.4 Å². The van der Waals surface area contributed by atoms with Crippen LogP contribution in [0, 0.1) is 12.8 Å². The van der Waals surface area contributed by atoms with Crippen molar-refractivity contribution in [3.05, 3.63) is 51.7 Å². The van der Waals surface area contributed by atoms with Crippen molar-refractivity contribution in [1.82, 2.24) is 20.1 Å².